The first-order valence-electron chi connectivity index (χ1n) is 22.7. The van der Waals surface area contributed by atoms with Crippen LogP contribution < -0.4 is 11.1 Å². The van der Waals surface area contributed by atoms with Crippen LogP contribution in [0.2, 0.25) is 0 Å². The van der Waals surface area contributed by atoms with E-state index < -0.39 is 36.2 Å². The number of rotatable bonds is 9. The van der Waals surface area contributed by atoms with Gasteiger partial charge < -0.3 is 18.8 Å². The van der Waals surface area contributed by atoms with Gasteiger partial charge in [0.15, 0.2) is 11.4 Å². The van der Waals surface area contributed by atoms with Crippen LogP contribution in [0.5, 0.6) is 0 Å². The third kappa shape index (κ3) is 9.86. The zero-order valence-corrected chi connectivity index (χ0v) is 41.7. The molecule has 0 saturated carbocycles. The fraction of sp³-hybridized carbons (Fsp3) is 0.148. The second-order valence-electron chi connectivity index (χ2n) is 17.3. The van der Waals surface area contributed by atoms with Gasteiger partial charge in [-0.1, -0.05) is 91.0 Å². The molecule has 0 spiro atoms. The van der Waals surface area contributed by atoms with Crippen molar-refractivity contribution in [1.82, 2.24) is 34.8 Å². The minimum Gasteiger partial charge on any atom is -0.464 e. The van der Waals surface area contributed by atoms with Crippen LogP contribution >= 0.6 is 22.7 Å². The molecule has 0 atom stereocenters. The van der Waals surface area contributed by atoms with E-state index in [0.717, 1.165) is 48.7 Å². The maximum atomic E-state index is 12.2. The van der Waals surface area contributed by atoms with Crippen molar-refractivity contribution in [2.75, 3.05) is 14.2 Å². The van der Waals surface area contributed by atoms with Gasteiger partial charge in [0.1, 0.15) is 5.69 Å². The number of nitrogens with one attached hydrogen (secondary N) is 1. The molecule has 18 heteroatoms. The minimum absolute atomic E-state index is 0.271. The normalized spacial score (nSPS) is 13.5. The van der Waals surface area contributed by atoms with Crippen molar-refractivity contribution in [1.29, 1.82) is 0 Å². The summed E-state index contributed by atoms with van der Waals surface area (Å²) in [5.74, 6) is -1.47. The van der Waals surface area contributed by atoms with Gasteiger partial charge >= 0.3 is 19.1 Å². The lowest BCUT2D eigenvalue weighted by atomic mass is 9.85. The quantitative estimate of drug-likeness (QED) is 0.0610. The standard InChI is InChI=1S/C19H14N2O2S.C18H13N3O2S.C17H21BN2O4/c1-23-19(22)17-12-16(20-21(17)14-7-3-2-4-8-14)15-9-5-6-13-10-11-24-18(13)15;22-18(20-23)16-11-15(19-21(16)13-6-2-1-3-7-13)14-8-4-5-12-9-10-24-17(12)14;1-16(2)17(3,4)24-18(23-16)14-11-13(15(21)22-5)20(19-14)12-9-7-6-8-10-12/h2-12H,1H3;1-11,23H,(H,20,22);6-11H,1-5H3. The Morgan fingerprint density at radius 2 is 0.944 bits per heavy atom. The lowest BCUT2D eigenvalue weighted by molar-refractivity contribution is 0.00578. The number of para-hydroxylation sites is 3. The van der Waals surface area contributed by atoms with Crippen molar-refractivity contribution in [2.45, 2.75) is 38.9 Å². The molecule has 1 saturated heterocycles. The molecule has 0 aliphatic carbocycles. The topological polar surface area (TPSA) is 174 Å². The molecule has 6 heterocycles. The van der Waals surface area contributed by atoms with Gasteiger partial charge in [-0.25, -0.2) is 29.1 Å². The van der Waals surface area contributed by atoms with E-state index in [2.05, 4.69) is 38.9 Å². The van der Waals surface area contributed by atoms with E-state index in [1.165, 1.54) is 24.3 Å². The van der Waals surface area contributed by atoms with E-state index in [9.17, 15) is 14.4 Å². The third-order valence-corrected chi connectivity index (χ3v) is 14.2. The smallest absolute Gasteiger partial charge is 0.464 e. The van der Waals surface area contributed by atoms with Crippen LogP contribution in [0, 0.1) is 0 Å². The van der Waals surface area contributed by atoms with Crippen LogP contribution in [0.4, 0.5) is 0 Å². The summed E-state index contributed by atoms with van der Waals surface area (Å²) in [6, 6.07) is 49.7. The highest BCUT2D eigenvalue weighted by Gasteiger charge is 2.53. The number of hydroxylamine groups is 1. The summed E-state index contributed by atoms with van der Waals surface area (Å²) in [5.41, 5.74) is 8.05. The molecule has 5 aromatic carbocycles. The number of hydrogen-bond donors (Lipinski definition) is 2. The Labute approximate surface area is 422 Å². The number of ether oxygens (including phenoxy) is 2. The number of fused-ring (bicyclic) bond motifs is 2. The van der Waals surface area contributed by atoms with Crippen molar-refractivity contribution in [3.05, 3.63) is 186 Å². The van der Waals surface area contributed by atoms with E-state index in [4.69, 9.17) is 24.0 Å². The number of esters is 2. The molecular weight excluding hydrogens is 950 g/mol. The van der Waals surface area contributed by atoms with Gasteiger partial charge in [0, 0.05) is 20.5 Å². The number of carbonyl (C=O) groups excluding carboxylic acids is 3. The third-order valence-electron chi connectivity index (χ3n) is 12.3. The molecular formula is C54H48BN7O8S2. The molecule has 362 valence electrons. The van der Waals surface area contributed by atoms with Crippen LogP contribution in [0.3, 0.4) is 0 Å². The van der Waals surface area contributed by atoms with Crippen molar-refractivity contribution in [3.63, 3.8) is 0 Å². The summed E-state index contributed by atoms with van der Waals surface area (Å²) in [7, 11) is 2.09. The van der Waals surface area contributed by atoms with E-state index in [1.807, 2.05) is 154 Å². The van der Waals surface area contributed by atoms with Crippen molar-refractivity contribution < 1.29 is 38.4 Å². The molecule has 0 unspecified atom stereocenters. The summed E-state index contributed by atoms with van der Waals surface area (Å²) >= 11 is 3.30. The number of nitrogens with zero attached hydrogens (tertiary/aromatic N) is 6. The Hall–Kier alpha value is -8.00. The summed E-state index contributed by atoms with van der Waals surface area (Å²) in [6.07, 6.45) is 0. The number of methoxy groups -OCH3 is 2. The van der Waals surface area contributed by atoms with E-state index >= 15 is 0 Å². The number of thiophene rings is 2. The Bertz CT molecular complexity index is 3350. The highest BCUT2D eigenvalue weighted by Crippen LogP contribution is 2.37. The second kappa shape index (κ2) is 20.8. The van der Waals surface area contributed by atoms with Crippen LogP contribution in [0.15, 0.2) is 168 Å². The average Bonchev–Trinajstić information content (AvgIpc) is 4.29. The summed E-state index contributed by atoms with van der Waals surface area (Å²) < 4.78 is 28.8. The Morgan fingerprint density at radius 1 is 0.542 bits per heavy atom. The highest BCUT2D eigenvalue weighted by molar-refractivity contribution is 7.18. The fourth-order valence-electron chi connectivity index (χ4n) is 7.91. The molecule has 1 aliphatic heterocycles. The minimum atomic E-state index is -0.636. The van der Waals surface area contributed by atoms with Crippen molar-refractivity contribution in [3.8, 4) is 39.6 Å². The fourth-order valence-corrected chi connectivity index (χ4v) is 9.76. The molecule has 1 amide bonds. The van der Waals surface area contributed by atoms with Crippen molar-refractivity contribution >= 4 is 73.4 Å². The van der Waals surface area contributed by atoms with Gasteiger partial charge in [-0.2, -0.15) is 15.3 Å². The number of carbonyl (C=O) groups is 3. The molecule has 1 fully saturated rings. The zero-order valence-electron chi connectivity index (χ0n) is 40.0. The number of benzene rings is 5. The monoisotopic (exact) mass is 997 g/mol. The van der Waals surface area contributed by atoms with Crippen LogP contribution in [0.25, 0.3) is 59.7 Å². The maximum absolute atomic E-state index is 12.2. The first-order valence-corrected chi connectivity index (χ1v) is 24.4. The van der Waals surface area contributed by atoms with Gasteiger partial charge in [0.25, 0.3) is 5.91 Å². The Morgan fingerprint density at radius 3 is 1.38 bits per heavy atom. The van der Waals surface area contributed by atoms with E-state index in [0.29, 0.717) is 22.7 Å². The number of amides is 1. The van der Waals surface area contributed by atoms with Gasteiger partial charge in [-0.15, -0.1) is 22.7 Å². The lowest BCUT2D eigenvalue weighted by Gasteiger charge is -2.32. The maximum Gasteiger partial charge on any atom is 0.516 e. The first-order chi connectivity index (χ1) is 34.8. The van der Waals surface area contributed by atoms with Crippen LogP contribution in [-0.4, -0.2) is 84.9 Å². The molecule has 10 aromatic rings. The van der Waals surface area contributed by atoms with Crippen LogP contribution in [0.1, 0.15) is 59.2 Å². The average molecular weight is 998 g/mol. The second-order valence-corrected chi connectivity index (χ2v) is 19.2. The molecule has 0 radical (unpaired) electrons. The van der Waals surface area contributed by atoms with E-state index in [1.54, 1.807) is 55.7 Å². The number of hydrogen-bond acceptors (Lipinski definition) is 13. The SMILES string of the molecule is COC(=O)c1cc(-c2cccc3ccsc23)nn1-c1ccccc1.COC(=O)c1cc(B2OC(C)(C)C(C)(C)O2)nn1-c1ccccc1.O=C(NO)c1cc(-c2cccc3ccsc23)nn1-c1ccccc1. The Balaban J connectivity index is 0.000000133. The molecule has 15 nitrogen and oxygen atoms in total. The molecule has 72 heavy (non-hydrogen) atoms. The Kier molecular flexibility index (Phi) is 14.1. The van der Waals surface area contributed by atoms with Gasteiger partial charge in [-0.05, 0) is 116 Å². The van der Waals surface area contributed by atoms with Gasteiger partial charge in [0.2, 0.25) is 0 Å². The largest absolute Gasteiger partial charge is 0.516 e. The molecule has 1 aliphatic rings. The molecule has 5 aromatic heterocycles. The highest BCUT2D eigenvalue weighted by atomic mass is 32.1. The zero-order chi connectivity index (χ0) is 50.6. The van der Waals surface area contributed by atoms with Gasteiger partial charge in [0.05, 0.1) is 59.5 Å². The lowest BCUT2D eigenvalue weighted by Crippen LogP contribution is -2.41. The van der Waals surface area contributed by atoms with Gasteiger partial charge in [-0.3, -0.25) is 10.0 Å². The predicted octanol–water partition coefficient (Wildman–Crippen LogP) is 10.4. The summed E-state index contributed by atoms with van der Waals surface area (Å²) in [4.78, 5) is 36.4. The summed E-state index contributed by atoms with van der Waals surface area (Å²) in [5, 5.41) is 29.2. The van der Waals surface area contributed by atoms with Crippen molar-refractivity contribution in [2.24, 2.45) is 0 Å². The summed E-state index contributed by atoms with van der Waals surface area (Å²) in [6.45, 7) is 7.90. The number of aromatic nitrogens is 6. The van der Waals surface area contributed by atoms with E-state index in [-0.39, 0.29) is 5.69 Å². The molecule has 2 N–H and O–H groups in total. The molecule has 0 bridgehead atoms. The van der Waals surface area contributed by atoms with Crippen LogP contribution in [-0.2, 0) is 18.8 Å². The molecule has 11 rings (SSSR count). The first kappa shape index (κ1) is 49.0. The predicted molar refractivity (Wildman–Crippen MR) is 280 cm³/mol.